The number of hydrogen-bond donors (Lipinski definition) is 1. The standard InChI is InChI=1S/C16H20N4O2S.2ClH/c21-16(14-10-18-15(23-14)13-2-1-9-22-13)20-6-3-12(11-20)19-7-4-17-5-8-19;;/h1-2,9-10,12,17H,3-8,11H2;2*1H. The summed E-state index contributed by atoms with van der Waals surface area (Å²) in [6.45, 7) is 5.91. The van der Waals surface area contributed by atoms with Crippen LogP contribution in [0.5, 0.6) is 0 Å². The summed E-state index contributed by atoms with van der Waals surface area (Å²) in [5.74, 6) is 0.812. The summed E-state index contributed by atoms with van der Waals surface area (Å²) in [5.41, 5.74) is 0. The Morgan fingerprint density at radius 2 is 2.08 bits per heavy atom. The lowest BCUT2D eigenvalue weighted by Gasteiger charge is -2.32. The van der Waals surface area contributed by atoms with Gasteiger partial charge in [0.2, 0.25) is 0 Å². The van der Waals surface area contributed by atoms with E-state index < -0.39 is 0 Å². The van der Waals surface area contributed by atoms with Crippen molar-refractivity contribution in [2.45, 2.75) is 12.5 Å². The average molecular weight is 405 g/mol. The smallest absolute Gasteiger partial charge is 0.265 e. The molecular weight excluding hydrogens is 383 g/mol. The van der Waals surface area contributed by atoms with Crippen molar-refractivity contribution in [3.63, 3.8) is 0 Å². The Hall–Kier alpha value is -1.12. The number of furan rings is 1. The monoisotopic (exact) mass is 404 g/mol. The summed E-state index contributed by atoms with van der Waals surface area (Å²) in [7, 11) is 0. The number of carbonyl (C=O) groups excluding carboxylic acids is 1. The van der Waals surface area contributed by atoms with Crippen LogP contribution in [0.1, 0.15) is 16.1 Å². The maximum atomic E-state index is 12.7. The van der Waals surface area contributed by atoms with Gasteiger partial charge in [0, 0.05) is 45.3 Å². The number of thiazole rings is 1. The third kappa shape index (κ3) is 4.35. The van der Waals surface area contributed by atoms with Crippen LogP contribution in [0, 0.1) is 0 Å². The quantitative estimate of drug-likeness (QED) is 0.850. The van der Waals surface area contributed by atoms with E-state index in [1.54, 1.807) is 12.5 Å². The molecule has 0 aliphatic carbocycles. The Balaban J connectivity index is 0.00000113. The molecule has 138 valence electrons. The van der Waals surface area contributed by atoms with Crippen LogP contribution >= 0.6 is 36.2 Å². The molecule has 9 heteroatoms. The molecule has 25 heavy (non-hydrogen) atoms. The molecule has 4 heterocycles. The van der Waals surface area contributed by atoms with Crippen LogP contribution < -0.4 is 5.32 Å². The normalized spacial score (nSPS) is 20.8. The zero-order valence-corrected chi connectivity index (χ0v) is 16.2. The highest BCUT2D eigenvalue weighted by molar-refractivity contribution is 7.16. The minimum Gasteiger partial charge on any atom is -0.462 e. The van der Waals surface area contributed by atoms with E-state index in [0.717, 1.165) is 50.7 Å². The predicted molar refractivity (Wildman–Crippen MR) is 103 cm³/mol. The fourth-order valence-electron chi connectivity index (χ4n) is 3.31. The average Bonchev–Trinajstić information content (AvgIpc) is 3.35. The summed E-state index contributed by atoms with van der Waals surface area (Å²) in [6.07, 6.45) is 4.36. The first-order valence-corrected chi connectivity index (χ1v) is 8.86. The second-order valence-electron chi connectivity index (χ2n) is 5.99. The third-order valence-electron chi connectivity index (χ3n) is 4.57. The van der Waals surface area contributed by atoms with Gasteiger partial charge in [0.05, 0.1) is 12.5 Å². The van der Waals surface area contributed by atoms with Gasteiger partial charge in [-0.2, -0.15) is 0 Å². The number of hydrogen-bond acceptors (Lipinski definition) is 6. The van der Waals surface area contributed by atoms with E-state index in [9.17, 15) is 4.79 Å². The molecule has 2 aromatic heterocycles. The first-order valence-electron chi connectivity index (χ1n) is 8.05. The summed E-state index contributed by atoms with van der Waals surface area (Å²) in [6, 6.07) is 4.19. The van der Waals surface area contributed by atoms with Crippen molar-refractivity contribution in [1.82, 2.24) is 20.1 Å². The number of likely N-dealkylation sites (tertiary alicyclic amines) is 1. The van der Waals surface area contributed by atoms with Gasteiger partial charge in [-0.25, -0.2) is 4.98 Å². The highest BCUT2D eigenvalue weighted by Gasteiger charge is 2.32. The number of amides is 1. The Bertz CT molecular complexity index is 673. The minimum atomic E-state index is 0. The number of aromatic nitrogens is 1. The zero-order chi connectivity index (χ0) is 15.6. The topological polar surface area (TPSA) is 61.6 Å². The van der Waals surface area contributed by atoms with Gasteiger partial charge in [-0.1, -0.05) is 0 Å². The van der Waals surface area contributed by atoms with Crippen LogP contribution in [0.15, 0.2) is 29.0 Å². The van der Waals surface area contributed by atoms with Crippen LogP contribution in [-0.2, 0) is 0 Å². The second kappa shape index (κ2) is 9.00. The largest absolute Gasteiger partial charge is 0.462 e. The predicted octanol–water partition coefficient (Wildman–Crippen LogP) is 2.37. The van der Waals surface area contributed by atoms with Gasteiger partial charge in [-0.15, -0.1) is 36.2 Å². The third-order valence-corrected chi connectivity index (χ3v) is 5.57. The number of halogens is 2. The van der Waals surface area contributed by atoms with Crippen molar-refractivity contribution in [2.75, 3.05) is 39.3 Å². The maximum Gasteiger partial charge on any atom is 0.265 e. The Labute approximate surface area is 163 Å². The molecule has 4 rings (SSSR count). The van der Waals surface area contributed by atoms with E-state index in [1.165, 1.54) is 11.3 Å². The Kier molecular flexibility index (Phi) is 7.27. The van der Waals surface area contributed by atoms with Gasteiger partial charge < -0.3 is 14.6 Å². The van der Waals surface area contributed by atoms with Gasteiger partial charge in [0.25, 0.3) is 5.91 Å². The molecule has 6 nitrogen and oxygen atoms in total. The van der Waals surface area contributed by atoms with Crippen molar-refractivity contribution in [3.8, 4) is 10.8 Å². The number of nitrogens with zero attached hydrogens (tertiary/aromatic N) is 3. The van der Waals surface area contributed by atoms with Crippen molar-refractivity contribution in [1.29, 1.82) is 0 Å². The van der Waals surface area contributed by atoms with Crippen LogP contribution in [0.3, 0.4) is 0 Å². The van der Waals surface area contributed by atoms with Gasteiger partial charge in [0.15, 0.2) is 10.8 Å². The lowest BCUT2D eigenvalue weighted by atomic mass is 10.2. The van der Waals surface area contributed by atoms with Gasteiger partial charge in [0.1, 0.15) is 4.88 Å². The SMILES string of the molecule is Cl.Cl.O=C(c1cnc(-c2ccco2)s1)N1CCC(N2CCNCC2)C1. The Morgan fingerprint density at radius 3 is 2.80 bits per heavy atom. The lowest BCUT2D eigenvalue weighted by molar-refractivity contribution is 0.0778. The Morgan fingerprint density at radius 1 is 1.28 bits per heavy atom. The van der Waals surface area contributed by atoms with E-state index in [4.69, 9.17) is 4.42 Å². The lowest BCUT2D eigenvalue weighted by Crippen LogP contribution is -2.49. The van der Waals surface area contributed by atoms with Crippen LogP contribution in [0.2, 0.25) is 0 Å². The van der Waals surface area contributed by atoms with E-state index in [1.807, 2.05) is 17.0 Å². The molecule has 2 aliphatic rings. The first-order chi connectivity index (χ1) is 11.3. The number of rotatable bonds is 3. The molecule has 1 amide bonds. The van der Waals surface area contributed by atoms with Gasteiger partial charge in [-0.3, -0.25) is 9.69 Å². The van der Waals surface area contributed by atoms with Crippen molar-refractivity contribution < 1.29 is 9.21 Å². The molecule has 0 radical (unpaired) electrons. The number of nitrogens with one attached hydrogen (secondary N) is 1. The summed E-state index contributed by atoms with van der Waals surface area (Å²) < 4.78 is 5.34. The second-order valence-corrected chi connectivity index (χ2v) is 7.02. The summed E-state index contributed by atoms with van der Waals surface area (Å²) >= 11 is 1.40. The molecule has 1 N–H and O–H groups in total. The number of piperazine rings is 1. The fraction of sp³-hybridized carbons (Fsp3) is 0.500. The fourth-order valence-corrected chi connectivity index (χ4v) is 4.17. The van der Waals surface area contributed by atoms with Crippen molar-refractivity contribution in [3.05, 3.63) is 29.5 Å². The molecule has 1 atom stereocenters. The van der Waals surface area contributed by atoms with Gasteiger partial charge >= 0.3 is 0 Å². The van der Waals surface area contributed by atoms with Gasteiger partial charge in [-0.05, 0) is 18.6 Å². The number of carbonyl (C=O) groups is 1. The van der Waals surface area contributed by atoms with E-state index >= 15 is 0 Å². The maximum absolute atomic E-state index is 12.7. The molecular formula is C16H22Cl2N4O2S. The highest BCUT2D eigenvalue weighted by atomic mass is 35.5. The highest BCUT2D eigenvalue weighted by Crippen LogP contribution is 2.27. The summed E-state index contributed by atoms with van der Waals surface area (Å²) in [5, 5.41) is 4.14. The van der Waals surface area contributed by atoms with E-state index in [2.05, 4.69) is 15.2 Å². The molecule has 2 saturated heterocycles. The van der Waals surface area contributed by atoms with Crippen LogP contribution in [0.4, 0.5) is 0 Å². The van der Waals surface area contributed by atoms with Crippen molar-refractivity contribution >= 4 is 42.1 Å². The molecule has 2 aliphatic heterocycles. The van der Waals surface area contributed by atoms with Crippen LogP contribution in [0.25, 0.3) is 10.8 Å². The van der Waals surface area contributed by atoms with Crippen molar-refractivity contribution in [2.24, 2.45) is 0 Å². The molecule has 0 spiro atoms. The van der Waals surface area contributed by atoms with E-state index in [-0.39, 0.29) is 30.7 Å². The molecule has 2 aromatic rings. The minimum absolute atomic E-state index is 0. The summed E-state index contributed by atoms with van der Waals surface area (Å²) in [4.78, 5) is 22.2. The molecule has 0 saturated carbocycles. The molecule has 1 unspecified atom stereocenters. The molecule has 0 aromatic carbocycles. The molecule has 2 fully saturated rings. The zero-order valence-electron chi connectivity index (χ0n) is 13.7. The van der Waals surface area contributed by atoms with E-state index in [0.29, 0.717) is 16.7 Å². The van der Waals surface area contributed by atoms with Crippen LogP contribution in [-0.4, -0.2) is 66.0 Å². The first kappa shape index (κ1) is 20.2. The molecule has 0 bridgehead atoms.